The van der Waals surface area contributed by atoms with E-state index in [9.17, 15) is 9.59 Å². The molecule has 21 heavy (non-hydrogen) atoms. The summed E-state index contributed by atoms with van der Waals surface area (Å²) in [6.07, 6.45) is 1.56. The summed E-state index contributed by atoms with van der Waals surface area (Å²) >= 11 is 5.91. The van der Waals surface area contributed by atoms with Crippen LogP contribution in [0.1, 0.15) is 29.0 Å². The molecule has 0 saturated carbocycles. The Labute approximate surface area is 127 Å². The van der Waals surface area contributed by atoms with Crippen molar-refractivity contribution in [2.24, 2.45) is 0 Å². The summed E-state index contributed by atoms with van der Waals surface area (Å²) in [5, 5.41) is 12.4. The van der Waals surface area contributed by atoms with Gasteiger partial charge in [0.25, 0.3) is 0 Å². The highest BCUT2D eigenvalue weighted by Crippen LogP contribution is 2.17. The number of carboxylic acid groups (broad SMARTS) is 1. The third-order valence-corrected chi connectivity index (χ3v) is 3.32. The summed E-state index contributed by atoms with van der Waals surface area (Å²) in [5.74, 6) is -1.32. The first kappa shape index (κ1) is 15.1. The fourth-order valence-corrected chi connectivity index (χ4v) is 2.25. The lowest BCUT2D eigenvalue weighted by atomic mass is 10.1. The second-order valence-corrected chi connectivity index (χ2v) is 5.11. The van der Waals surface area contributed by atoms with E-state index < -0.39 is 5.97 Å². The molecule has 1 amide bonds. The van der Waals surface area contributed by atoms with Crippen LogP contribution in [-0.4, -0.2) is 21.6 Å². The van der Waals surface area contributed by atoms with Crippen molar-refractivity contribution in [1.29, 1.82) is 0 Å². The molecule has 0 aliphatic heterocycles. The van der Waals surface area contributed by atoms with Crippen molar-refractivity contribution in [1.82, 2.24) is 9.88 Å². The number of amides is 1. The molecule has 0 saturated heterocycles. The van der Waals surface area contributed by atoms with Crippen LogP contribution >= 0.6 is 11.6 Å². The Bertz CT molecular complexity index is 666. The van der Waals surface area contributed by atoms with Gasteiger partial charge in [-0.1, -0.05) is 23.7 Å². The van der Waals surface area contributed by atoms with Gasteiger partial charge in [0.1, 0.15) is 12.2 Å². The maximum Gasteiger partial charge on any atom is 0.352 e. The van der Waals surface area contributed by atoms with Crippen LogP contribution in [0.2, 0.25) is 5.02 Å². The second kappa shape index (κ2) is 6.45. The number of carboxylic acids is 1. The van der Waals surface area contributed by atoms with Crippen molar-refractivity contribution in [3.05, 3.63) is 58.9 Å². The van der Waals surface area contributed by atoms with Gasteiger partial charge in [-0.25, -0.2) is 4.79 Å². The maximum absolute atomic E-state index is 12.0. The minimum atomic E-state index is -1.06. The van der Waals surface area contributed by atoms with Crippen molar-refractivity contribution in [2.75, 3.05) is 0 Å². The number of aromatic nitrogens is 1. The van der Waals surface area contributed by atoms with Crippen LogP contribution < -0.4 is 5.32 Å². The molecular weight excluding hydrogens is 292 g/mol. The molecule has 5 nitrogen and oxygen atoms in total. The molecule has 1 atom stereocenters. The van der Waals surface area contributed by atoms with Crippen molar-refractivity contribution in [3.63, 3.8) is 0 Å². The van der Waals surface area contributed by atoms with Gasteiger partial charge in [-0.05, 0) is 36.8 Å². The molecule has 2 rings (SSSR count). The SMILES string of the molecule is CC(NC(=O)Cn1cccc1C(=O)O)c1cccc(Cl)c1. The highest BCUT2D eigenvalue weighted by Gasteiger charge is 2.14. The van der Waals surface area contributed by atoms with Crippen LogP contribution in [0.4, 0.5) is 0 Å². The Morgan fingerprint density at radius 2 is 2.10 bits per heavy atom. The molecule has 0 aliphatic rings. The van der Waals surface area contributed by atoms with Crippen LogP contribution in [0, 0.1) is 0 Å². The number of aromatic carboxylic acids is 1. The number of halogens is 1. The molecule has 1 aromatic carbocycles. The molecule has 110 valence electrons. The molecule has 1 aromatic heterocycles. The largest absolute Gasteiger partial charge is 0.477 e. The predicted octanol–water partition coefficient (Wildman–Crippen LogP) is 2.72. The number of rotatable bonds is 5. The Morgan fingerprint density at radius 3 is 2.76 bits per heavy atom. The number of hydrogen-bond donors (Lipinski definition) is 2. The molecule has 1 heterocycles. The van der Waals surface area contributed by atoms with E-state index in [2.05, 4.69) is 5.32 Å². The van der Waals surface area contributed by atoms with Crippen molar-refractivity contribution in [2.45, 2.75) is 19.5 Å². The van der Waals surface area contributed by atoms with E-state index in [-0.39, 0.29) is 24.2 Å². The molecule has 2 aromatic rings. The lowest BCUT2D eigenvalue weighted by molar-refractivity contribution is -0.122. The average Bonchev–Trinajstić information content (AvgIpc) is 2.86. The Hall–Kier alpha value is -2.27. The number of nitrogens with one attached hydrogen (secondary N) is 1. The fraction of sp³-hybridized carbons (Fsp3) is 0.200. The summed E-state index contributed by atoms with van der Waals surface area (Å²) < 4.78 is 1.39. The topological polar surface area (TPSA) is 71.3 Å². The average molecular weight is 307 g/mol. The quantitative estimate of drug-likeness (QED) is 0.892. The highest BCUT2D eigenvalue weighted by atomic mass is 35.5. The number of carbonyl (C=O) groups excluding carboxylic acids is 1. The third kappa shape index (κ3) is 3.86. The molecule has 1 unspecified atom stereocenters. The summed E-state index contributed by atoms with van der Waals surface area (Å²) in [4.78, 5) is 23.0. The summed E-state index contributed by atoms with van der Waals surface area (Å²) in [6, 6.07) is 10.1. The first-order valence-corrected chi connectivity index (χ1v) is 6.78. The number of benzene rings is 1. The molecule has 0 bridgehead atoms. The Morgan fingerprint density at radius 1 is 1.33 bits per heavy atom. The Balaban J connectivity index is 2.01. The molecular formula is C15H15ClN2O3. The molecule has 6 heteroatoms. The third-order valence-electron chi connectivity index (χ3n) is 3.09. The normalized spacial score (nSPS) is 11.9. The van der Waals surface area contributed by atoms with Crippen LogP contribution in [0.15, 0.2) is 42.6 Å². The standard InChI is InChI=1S/C15H15ClN2O3/c1-10(11-4-2-5-12(16)8-11)17-14(19)9-18-7-3-6-13(18)15(20)21/h2-8,10H,9H2,1H3,(H,17,19)(H,20,21). The van der Waals surface area contributed by atoms with Gasteiger partial charge in [-0.3, -0.25) is 4.79 Å². The van der Waals surface area contributed by atoms with Gasteiger partial charge in [0.15, 0.2) is 0 Å². The van der Waals surface area contributed by atoms with Gasteiger partial charge in [0.2, 0.25) is 5.91 Å². The van der Waals surface area contributed by atoms with E-state index in [1.165, 1.54) is 10.6 Å². The molecule has 0 spiro atoms. The van der Waals surface area contributed by atoms with Gasteiger partial charge < -0.3 is 15.0 Å². The van der Waals surface area contributed by atoms with E-state index >= 15 is 0 Å². The fourth-order valence-electron chi connectivity index (χ4n) is 2.05. The number of hydrogen-bond acceptors (Lipinski definition) is 2. The molecule has 2 N–H and O–H groups in total. The first-order chi connectivity index (χ1) is 9.97. The van der Waals surface area contributed by atoms with Crippen LogP contribution in [0.3, 0.4) is 0 Å². The monoisotopic (exact) mass is 306 g/mol. The van der Waals surface area contributed by atoms with E-state index in [0.29, 0.717) is 5.02 Å². The van der Waals surface area contributed by atoms with Crippen LogP contribution in [0.5, 0.6) is 0 Å². The summed E-state index contributed by atoms with van der Waals surface area (Å²) in [5.41, 5.74) is 0.974. The zero-order valence-corrected chi connectivity index (χ0v) is 12.2. The first-order valence-electron chi connectivity index (χ1n) is 6.40. The lowest BCUT2D eigenvalue weighted by Crippen LogP contribution is -2.30. The molecule has 0 aliphatic carbocycles. The van der Waals surface area contributed by atoms with E-state index in [4.69, 9.17) is 16.7 Å². The van der Waals surface area contributed by atoms with E-state index in [0.717, 1.165) is 5.56 Å². The van der Waals surface area contributed by atoms with Gasteiger partial charge in [-0.2, -0.15) is 0 Å². The van der Waals surface area contributed by atoms with Crippen molar-refractivity contribution >= 4 is 23.5 Å². The van der Waals surface area contributed by atoms with Gasteiger partial charge >= 0.3 is 5.97 Å². The predicted molar refractivity (Wildman–Crippen MR) is 79.4 cm³/mol. The minimum absolute atomic E-state index is 0.0421. The highest BCUT2D eigenvalue weighted by molar-refractivity contribution is 6.30. The number of carbonyl (C=O) groups is 2. The lowest BCUT2D eigenvalue weighted by Gasteiger charge is -2.15. The van der Waals surface area contributed by atoms with Gasteiger partial charge in [0, 0.05) is 11.2 Å². The summed E-state index contributed by atoms with van der Waals surface area (Å²) in [7, 11) is 0. The zero-order chi connectivity index (χ0) is 15.4. The van der Waals surface area contributed by atoms with Gasteiger partial charge in [-0.15, -0.1) is 0 Å². The van der Waals surface area contributed by atoms with Crippen molar-refractivity contribution in [3.8, 4) is 0 Å². The zero-order valence-electron chi connectivity index (χ0n) is 11.4. The maximum atomic E-state index is 12.0. The number of nitrogens with zero attached hydrogens (tertiary/aromatic N) is 1. The molecule has 0 radical (unpaired) electrons. The van der Waals surface area contributed by atoms with E-state index in [1.807, 2.05) is 19.1 Å². The Kier molecular flexibility index (Phi) is 4.65. The van der Waals surface area contributed by atoms with Crippen LogP contribution in [0.25, 0.3) is 0 Å². The summed E-state index contributed by atoms with van der Waals surface area (Å²) in [6.45, 7) is 1.80. The van der Waals surface area contributed by atoms with Crippen molar-refractivity contribution < 1.29 is 14.7 Å². The van der Waals surface area contributed by atoms with Gasteiger partial charge in [0.05, 0.1) is 6.04 Å². The van der Waals surface area contributed by atoms with E-state index in [1.54, 1.807) is 24.4 Å². The second-order valence-electron chi connectivity index (χ2n) is 4.67. The smallest absolute Gasteiger partial charge is 0.352 e. The minimum Gasteiger partial charge on any atom is -0.477 e. The van der Waals surface area contributed by atoms with Crippen LogP contribution in [-0.2, 0) is 11.3 Å². The molecule has 0 fully saturated rings.